The van der Waals surface area contributed by atoms with E-state index in [1.54, 1.807) is 6.92 Å². The molecule has 1 aromatic rings. The molecule has 1 aromatic carbocycles. The molecule has 16 heavy (non-hydrogen) atoms. The van der Waals surface area contributed by atoms with Crippen molar-refractivity contribution in [2.24, 2.45) is 5.92 Å². The number of rotatable bonds is 3. The Balaban J connectivity index is 2.77. The Hall–Kier alpha value is -1.91. The standard InChI is InChI=1S/C11H12FNO3/c1-6-5-8(3-4-9(6)12)13-10(14)7(2)11(15)16/h3-5,7H,1-2H3,(H,13,14)(H,15,16). The van der Waals surface area contributed by atoms with E-state index in [9.17, 15) is 14.0 Å². The van der Waals surface area contributed by atoms with Crippen LogP contribution in [-0.2, 0) is 9.59 Å². The number of aryl methyl sites for hydroxylation is 1. The van der Waals surface area contributed by atoms with E-state index in [0.717, 1.165) is 0 Å². The maximum absolute atomic E-state index is 12.9. The molecule has 2 N–H and O–H groups in total. The molecule has 0 spiro atoms. The molecule has 0 aliphatic heterocycles. The van der Waals surface area contributed by atoms with Gasteiger partial charge < -0.3 is 10.4 Å². The molecule has 0 fully saturated rings. The van der Waals surface area contributed by atoms with Crippen LogP contribution in [0.15, 0.2) is 18.2 Å². The van der Waals surface area contributed by atoms with Gasteiger partial charge in [-0.3, -0.25) is 9.59 Å². The third-order valence-electron chi connectivity index (χ3n) is 2.19. The summed E-state index contributed by atoms with van der Waals surface area (Å²) in [6.07, 6.45) is 0. The third-order valence-corrected chi connectivity index (χ3v) is 2.19. The molecule has 0 heterocycles. The molecule has 0 aliphatic rings. The SMILES string of the molecule is Cc1cc(NC(=O)C(C)C(=O)O)ccc1F. The summed E-state index contributed by atoms with van der Waals surface area (Å²) in [6, 6.07) is 4.05. The molecular weight excluding hydrogens is 213 g/mol. The molecule has 0 radical (unpaired) electrons. The number of carboxylic acids is 1. The normalized spacial score (nSPS) is 11.9. The summed E-state index contributed by atoms with van der Waals surface area (Å²) in [4.78, 5) is 21.9. The molecule has 86 valence electrons. The Morgan fingerprint density at radius 1 is 1.44 bits per heavy atom. The molecule has 1 rings (SSSR count). The van der Waals surface area contributed by atoms with Crippen LogP contribution in [0.4, 0.5) is 10.1 Å². The summed E-state index contributed by atoms with van der Waals surface area (Å²) in [5.41, 5.74) is 0.776. The molecule has 1 unspecified atom stereocenters. The molecule has 0 bridgehead atoms. The van der Waals surface area contributed by atoms with Crippen LogP contribution in [0, 0.1) is 18.7 Å². The summed E-state index contributed by atoms with van der Waals surface area (Å²) in [5.74, 6) is -3.33. The van der Waals surface area contributed by atoms with E-state index in [-0.39, 0.29) is 5.82 Å². The first-order chi connectivity index (χ1) is 7.41. The van der Waals surface area contributed by atoms with Gasteiger partial charge in [-0.2, -0.15) is 0 Å². The van der Waals surface area contributed by atoms with E-state index < -0.39 is 17.8 Å². The van der Waals surface area contributed by atoms with Crippen molar-refractivity contribution >= 4 is 17.6 Å². The lowest BCUT2D eigenvalue weighted by Gasteiger charge is -2.09. The molecule has 1 atom stereocenters. The predicted octanol–water partition coefficient (Wildman–Crippen LogP) is 1.79. The second kappa shape index (κ2) is 4.74. The minimum absolute atomic E-state index is 0.371. The number of hydrogen-bond acceptors (Lipinski definition) is 2. The number of carbonyl (C=O) groups is 2. The molecule has 5 heteroatoms. The van der Waals surface area contributed by atoms with Gasteiger partial charge in [0.25, 0.3) is 0 Å². The maximum atomic E-state index is 12.9. The van der Waals surface area contributed by atoms with Gasteiger partial charge in [0, 0.05) is 5.69 Å². The molecular formula is C11H12FNO3. The zero-order valence-corrected chi connectivity index (χ0v) is 8.95. The Morgan fingerprint density at radius 2 is 2.06 bits per heavy atom. The van der Waals surface area contributed by atoms with Crippen LogP contribution in [0.5, 0.6) is 0 Å². The quantitative estimate of drug-likeness (QED) is 0.771. The van der Waals surface area contributed by atoms with Crippen molar-refractivity contribution in [1.82, 2.24) is 0 Å². The average molecular weight is 225 g/mol. The van der Waals surface area contributed by atoms with Gasteiger partial charge in [-0.15, -0.1) is 0 Å². The van der Waals surface area contributed by atoms with Crippen LogP contribution in [0.1, 0.15) is 12.5 Å². The lowest BCUT2D eigenvalue weighted by atomic mass is 10.1. The number of hydrogen-bond donors (Lipinski definition) is 2. The number of nitrogens with one attached hydrogen (secondary N) is 1. The highest BCUT2D eigenvalue weighted by Gasteiger charge is 2.20. The van der Waals surface area contributed by atoms with Gasteiger partial charge in [-0.1, -0.05) is 0 Å². The van der Waals surface area contributed by atoms with Gasteiger partial charge in [0.05, 0.1) is 0 Å². The first-order valence-electron chi connectivity index (χ1n) is 4.71. The molecule has 0 saturated carbocycles. The highest BCUT2D eigenvalue weighted by Crippen LogP contribution is 2.14. The largest absolute Gasteiger partial charge is 0.481 e. The third kappa shape index (κ3) is 2.79. The summed E-state index contributed by atoms with van der Waals surface area (Å²) in [7, 11) is 0. The van der Waals surface area contributed by atoms with Gasteiger partial charge in [0.15, 0.2) is 0 Å². The van der Waals surface area contributed by atoms with E-state index in [4.69, 9.17) is 5.11 Å². The van der Waals surface area contributed by atoms with Gasteiger partial charge in [-0.05, 0) is 37.6 Å². The van der Waals surface area contributed by atoms with E-state index in [2.05, 4.69) is 5.32 Å². The first kappa shape index (κ1) is 12.2. The highest BCUT2D eigenvalue weighted by atomic mass is 19.1. The van der Waals surface area contributed by atoms with Gasteiger partial charge in [-0.25, -0.2) is 4.39 Å². The van der Waals surface area contributed by atoms with E-state index >= 15 is 0 Å². The number of benzene rings is 1. The topological polar surface area (TPSA) is 66.4 Å². The zero-order chi connectivity index (χ0) is 12.3. The van der Waals surface area contributed by atoms with Gasteiger partial charge in [0.2, 0.25) is 5.91 Å². The molecule has 0 aliphatic carbocycles. The Kier molecular flexibility index (Phi) is 3.60. The number of aliphatic carboxylic acids is 1. The smallest absolute Gasteiger partial charge is 0.315 e. The number of amides is 1. The fourth-order valence-corrected chi connectivity index (χ4v) is 1.09. The lowest BCUT2D eigenvalue weighted by Crippen LogP contribution is -2.26. The summed E-state index contributed by atoms with van der Waals surface area (Å²) in [6.45, 7) is 2.85. The second-order valence-corrected chi connectivity index (χ2v) is 3.51. The average Bonchev–Trinajstić information content (AvgIpc) is 2.22. The highest BCUT2D eigenvalue weighted by molar-refractivity contribution is 6.03. The molecule has 0 aromatic heterocycles. The lowest BCUT2D eigenvalue weighted by molar-refractivity contribution is -0.144. The van der Waals surface area contributed by atoms with Crippen LogP contribution in [-0.4, -0.2) is 17.0 Å². The van der Waals surface area contributed by atoms with E-state index in [1.165, 1.54) is 25.1 Å². The number of carboxylic acid groups (broad SMARTS) is 1. The minimum atomic E-state index is -1.20. The second-order valence-electron chi connectivity index (χ2n) is 3.51. The minimum Gasteiger partial charge on any atom is -0.481 e. The molecule has 0 saturated heterocycles. The van der Waals surface area contributed by atoms with Gasteiger partial charge >= 0.3 is 5.97 Å². The van der Waals surface area contributed by atoms with Crippen molar-refractivity contribution in [3.8, 4) is 0 Å². The maximum Gasteiger partial charge on any atom is 0.315 e. The number of carbonyl (C=O) groups excluding carboxylic acids is 1. The van der Waals surface area contributed by atoms with Crippen LogP contribution in [0.2, 0.25) is 0 Å². The van der Waals surface area contributed by atoms with Crippen molar-refractivity contribution in [3.63, 3.8) is 0 Å². The Morgan fingerprint density at radius 3 is 2.56 bits per heavy atom. The number of anilines is 1. The van der Waals surface area contributed by atoms with Crippen LogP contribution < -0.4 is 5.32 Å². The van der Waals surface area contributed by atoms with Crippen LogP contribution >= 0.6 is 0 Å². The summed E-state index contributed by atoms with van der Waals surface area (Å²) in [5, 5.41) is 11.0. The molecule has 1 amide bonds. The number of halogens is 1. The Labute approximate surface area is 92.1 Å². The Bertz CT molecular complexity index is 431. The van der Waals surface area contributed by atoms with Crippen molar-refractivity contribution < 1.29 is 19.1 Å². The van der Waals surface area contributed by atoms with Crippen molar-refractivity contribution in [3.05, 3.63) is 29.6 Å². The first-order valence-corrected chi connectivity index (χ1v) is 4.71. The van der Waals surface area contributed by atoms with Crippen molar-refractivity contribution in [2.75, 3.05) is 5.32 Å². The fraction of sp³-hybridized carbons (Fsp3) is 0.273. The summed E-state index contributed by atoms with van der Waals surface area (Å²) < 4.78 is 12.9. The molecule has 4 nitrogen and oxygen atoms in total. The van der Waals surface area contributed by atoms with Crippen molar-refractivity contribution in [1.29, 1.82) is 0 Å². The summed E-state index contributed by atoms with van der Waals surface area (Å²) >= 11 is 0. The van der Waals surface area contributed by atoms with Gasteiger partial charge in [0.1, 0.15) is 11.7 Å². The predicted molar refractivity (Wildman–Crippen MR) is 56.6 cm³/mol. The van der Waals surface area contributed by atoms with Crippen LogP contribution in [0.25, 0.3) is 0 Å². The van der Waals surface area contributed by atoms with E-state index in [0.29, 0.717) is 11.3 Å². The fourth-order valence-electron chi connectivity index (χ4n) is 1.09. The monoisotopic (exact) mass is 225 g/mol. The van der Waals surface area contributed by atoms with Crippen LogP contribution in [0.3, 0.4) is 0 Å². The zero-order valence-electron chi connectivity index (χ0n) is 8.95. The van der Waals surface area contributed by atoms with Crippen molar-refractivity contribution in [2.45, 2.75) is 13.8 Å². The van der Waals surface area contributed by atoms with E-state index in [1.807, 2.05) is 0 Å².